The van der Waals surface area contributed by atoms with Crippen molar-refractivity contribution in [2.45, 2.75) is 0 Å². The summed E-state index contributed by atoms with van der Waals surface area (Å²) in [6.45, 7) is 0. The van der Waals surface area contributed by atoms with Crippen LogP contribution in [0.1, 0.15) is 11.4 Å². The average Bonchev–Trinajstić information content (AvgIpc) is 3.27. The summed E-state index contributed by atoms with van der Waals surface area (Å²) in [6, 6.07) is 13.5. The number of ether oxygens (including phenoxy) is 1. The summed E-state index contributed by atoms with van der Waals surface area (Å²) in [5, 5.41) is 0. The Morgan fingerprint density at radius 2 is 2.08 bits per heavy atom. The van der Waals surface area contributed by atoms with Crippen molar-refractivity contribution < 1.29 is 9.15 Å². The van der Waals surface area contributed by atoms with Gasteiger partial charge in [0.05, 0.1) is 30.7 Å². The second kappa shape index (κ2) is 6.04. The molecule has 0 aliphatic heterocycles. The van der Waals surface area contributed by atoms with Gasteiger partial charge in [-0.3, -0.25) is 4.57 Å². The molecule has 0 aliphatic rings. The summed E-state index contributed by atoms with van der Waals surface area (Å²) < 4.78 is 12.4. The van der Waals surface area contributed by atoms with Crippen LogP contribution in [0.2, 0.25) is 0 Å². The quantitative estimate of drug-likeness (QED) is 0.566. The van der Waals surface area contributed by atoms with Crippen molar-refractivity contribution in [2.24, 2.45) is 0 Å². The molecule has 0 fully saturated rings. The topological polar surface area (TPSA) is 53.1 Å². The zero-order valence-electron chi connectivity index (χ0n) is 13.1. The first-order chi connectivity index (χ1) is 11.8. The van der Waals surface area contributed by atoms with E-state index in [0.29, 0.717) is 0 Å². The Morgan fingerprint density at radius 1 is 1.12 bits per heavy atom. The zero-order chi connectivity index (χ0) is 16.4. The molecular formula is C19H15N3O2. The normalized spacial score (nSPS) is 11.4. The van der Waals surface area contributed by atoms with Crippen LogP contribution < -0.4 is 4.74 Å². The van der Waals surface area contributed by atoms with Gasteiger partial charge in [-0.05, 0) is 42.5 Å². The molecule has 24 heavy (non-hydrogen) atoms. The lowest BCUT2D eigenvalue weighted by Crippen LogP contribution is -1.99. The van der Waals surface area contributed by atoms with E-state index < -0.39 is 0 Å². The highest BCUT2D eigenvalue weighted by atomic mass is 16.5. The van der Waals surface area contributed by atoms with Gasteiger partial charge in [0.2, 0.25) is 0 Å². The Labute approximate surface area is 138 Å². The predicted octanol–water partition coefficient (Wildman–Crippen LogP) is 4.19. The highest BCUT2D eigenvalue weighted by Gasteiger charge is 2.12. The number of nitrogens with zero attached hydrogens (tertiary/aromatic N) is 3. The molecule has 0 saturated heterocycles. The summed E-state index contributed by atoms with van der Waals surface area (Å²) in [7, 11) is 1.65. The molecule has 5 nitrogen and oxygen atoms in total. The zero-order valence-corrected chi connectivity index (χ0v) is 13.1. The Kier molecular flexibility index (Phi) is 3.59. The monoisotopic (exact) mass is 317 g/mol. The van der Waals surface area contributed by atoms with Gasteiger partial charge in [-0.15, -0.1) is 0 Å². The van der Waals surface area contributed by atoms with Crippen LogP contribution >= 0.6 is 0 Å². The van der Waals surface area contributed by atoms with Crippen LogP contribution in [0.15, 0.2) is 65.6 Å². The van der Waals surface area contributed by atoms with Crippen LogP contribution in [0, 0.1) is 0 Å². The van der Waals surface area contributed by atoms with Crippen molar-refractivity contribution in [2.75, 3.05) is 7.11 Å². The number of hydrogen-bond acceptors (Lipinski definition) is 4. The fourth-order valence-electron chi connectivity index (χ4n) is 2.58. The first-order valence-electron chi connectivity index (χ1n) is 7.53. The van der Waals surface area contributed by atoms with Crippen molar-refractivity contribution in [3.05, 3.63) is 72.6 Å². The van der Waals surface area contributed by atoms with Gasteiger partial charge < -0.3 is 9.15 Å². The molecular weight excluding hydrogens is 302 g/mol. The highest BCUT2D eigenvalue weighted by molar-refractivity contribution is 5.83. The van der Waals surface area contributed by atoms with Gasteiger partial charge in [-0.1, -0.05) is 6.07 Å². The number of benzene rings is 1. The summed E-state index contributed by atoms with van der Waals surface area (Å²) in [6.07, 6.45) is 9.02. The van der Waals surface area contributed by atoms with Gasteiger partial charge in [0.1, 0.15) is 17.4 Å². The third-order valence-corrected chi connectivity index (χ3v) is 3.73. The molecule has 3 heterocycles. The Morgan fingerprint density at radius 3 is 2.83 bits per heavy atom. The molecule has 0 unspecified atom stereocenters. The third-order valence-electron chi connectivity index (χ3n) is 3.73. The molecule has 5 heteroatoms. The van der Waals surface area contributed by atoms with Crippen LogP contribution in [0.4, 0.5) is 0 Å². The van der Waals surface area contributed by atoms with Crippen LogP contribution in [0.5, 0.6) is 5.75 Å². The second-order valence-electron chi connectivity index (χ2n) is 5.24. The molecule has 4 aromatic rings. The Hall–Kier alpha value is -3.34. The van der Waals surface area contributed by atoms with E-state index in [1.165, 1.54) is 0 Å². The molecule has 0 radical (unpaired) electrons. The lowest BCUT2D eigenvalue weighted by atomic mass is 10.3. The van der Waals surface area contributed by atoms with Crippen molar-refractivity contribution >= 4 is 23.2 Å². The molecule has 0 amide bonds. The van der Waals surface area contributed by atoms with Crippen molar-refractivity contribution in [1.29, 1.82) is 0 Å². The molecule has 0 N–H and O–H groups in total. The molecule has 0 saturated carbocycles. The van der Waals surface area contributed by atoms with E-state index in [2.05, 4.69) is 4.98 Å². The number of rotatable bonds is 4. The standard InChI is InChI=1S/C19H15N3O2/c1-23-15-6-7-17-16(12-15)21-19(8-5-14-9-11-24-13-14)22(17)18-4-2-3-10-20-18/h2-13H,1H3/b8-5+. The fraction of sp³-hybridized carbons (Fsp3) is 0.0526. The maximum absolute atomic E-state index is 5.30. The summed E-state index contributed by atoms with van der Waals surface area (Å²) in [4.78, 5) is 9.18. The lowest BCUT2D eigenvalue weighted by molar-refractivity contribution is 0.415. The van der Waals surface area contributed by atoms with E-state index >= 15 is 0 Å². The van der Waals surface area contributed by atoms with E-state index in [0.717, 1.165) is 34.0 Å². The van der Waals surface area contributed by atoms with Gasteiger partial charge in [-0.25, -0.2) is 9.97 Å². The van der Waals surface area contributed by atoms with Gasteiger partial charge in [0.15, 0.2) is 0 Å². The number of pyridine rings is 1. The summed E-state index contributed by atoms with van der Waals surface area (Å²) in [5.41, 5.74) is 2.81. The van der Waals surface area contributed by atoms with E-state index in [9.17, 15) is 0 Å². The molecule has 118 valence electrons. The largest absolute Gasteiger partial charge is 0.497 e. The molecule has 0 spiro atoms. The van der Waals surface area contributed by atoms with E-state index in [4.69, 9.17) is 14.1 Å². The van der Waals surface area contributed by atoms with Gasteiger partial charge in [0.25, 0.3) is 0 Å². The first-order valence-corrected chi connectivity index (χ1v) is 7.53. The van der Waals surface area contributed by atoms with Gasteiger partial charge >= 0.3 is 0 Å². The van der Waals surface area contributed by atoms with Crippen molar-refractivity contribution in [3.63, 3.8) is 0 Å². The minimum atomic E-state index is 0.776. The molecule has 1 aromatic carbocycles. The summed E-state index contributed by atoms with van der Waals surface area (Å²) >= 11 is 0. The number of methoxy groups -OCH3 is 1. The third kappa shape index (κ3) is 2.56. The van der Waals surface area contributed by atoms with E-state index in [1.54, 1.807) is 25.8 Å². The number of fused-ring (bicyclic) bond motifs is 1. The minimum absolute atomic E-state index is 0.776. The first kappa shape index (κ1) is 14.3. The Bertz CT molecular complexity index is 986. The molecule has 0 atom stereocenters. The maximum atomic E-state index is 5.30. The summed E-state index contributed by atoms with van der Waals surface area (Å²) in [5.74, 6) is 2.38. The van der Waals surface area contributed by atoms with Gasteiger partial charge in [0, 0.05) is 17.8 Å². The number of furan rings is 1. The van der Waals surface area contributed by atoms with Crippen LogP contribution in [0.25, 0.3) is 29.0 Å². The van der Waals surface area contributed by atoms with Crippen LogP contribution in [-0.2, 0) is 0 Å². The molecule has 0 bridgehead atoms. The SMILES string of the molecule is COc1ccc2c(c1)nc(/C=C/c1ccoc1)n2-c1ccccn1. The van der Waals surface area contributed by atoms with Crippen molar-refractivity contribution in [3.8, 4) is 11.6 Å². The minimum Gasteiger partial charge on any atom is -0.497 e. The average molecular weight is 317 g/mol. The van der Waals surface area contributed by atoms with Crippen LogP contribution in [0.3, 0.4) is 0 Å². The fourth-order valence-corrected chi connectivity index (χ4v) is 2.58. The van der Waals surface area contributed by atoms with Crippen molar-refractivity contribution in [1.82, 2.24) is 14.5 Å². The Balaban J connectivity index is 1.90. The van der Waals surface area contributed by atoms with Crippen LogP contribution in [-0.4, -0.2) is 21.6 Å². The second-order valence-corrected chi connectivity index (χ2v) is 5.24. The molecule has 4 rings (SSSR count). The maximum Gasteiger partial charge on any atom is 0.139 e. The van der Waals surface area contributed by atoms with E-state index in [-0.39, 0.29) is 0 Å². The molecule has 3 aromatic heterocycles. The predicted molar refractivity (Wildman–Crippen MR) is 93.1 cm³/mol. The molecule has 0 aliphatic carbocycles. The van der Waals surface area contributed by atoms with E-state index in [1.807, 2.05) is 59.2 Å². The smallest absolute Gasteiger partial charge is 0.139 e. The number of hydrogen-bond donors (Lipinski definition) is 0. The lowest BCUT2D eigenvalue weighted by Gasteiger charge is -2.06. The number of imidazole rings is 1. The number of aromatic nitrogens is 3. The van der Waals surface area contributed by atoms with Gasteiger partial charge in [-0.2, -0.15) is 0 Å². The highest BCUT2D eigenvalue weighted by Crippen LogP contribution is 2.25.